The highest BCUT2D eigenvalue weighted by Crippen LogP contribution is 2.40. The highest BCUT2D eigenvalue weighted by Gasteiger charge is 2.44. The van der Waals surface area contributed by atoms with Crippen molar-refractivity contribution in [3.05, 3.63) is 106 Å². The summed E-state index contributed by atoms with van der Waals surface area (Å²) in [7, 11) is 0. The van der Waals surface area contributed by atoms with Crippen molar-refractivity contribution in [3.8, 4) is 28.7 Å². The Morgan fingerprint density at radius 3 is 1.43 bits per heavy atom. The predicted molar refractivity (Wildman–Crippen MR) is 128 cm³/mol. The van der Waals surface area contributed by atoms with E-state index in [1.165, 1.54) is 54.7 Å². The van der Waals surface area contributed by atoms with Gasteiger partial charge in [-0.05, 0) is 0 Å². The molecule has 196 valence electrons. The zero-order chi connectivity index (χ0) is 28.7. The zero-order valence-corrected chi connectivity index (χ0v) is 19.6. The van der Waals surface area contributed by atoms with Crippen LogP contribution in [0.1, 0.15) is 34.2 Å². The number of halogens is 6. The van der Waals surface area contributed by atoms with E-state index in [1.807, 2.05) is 0 Å². The molecule has 0 N–H and O–H groups in total. The average Bonchev–Trinajstić information content (AvgIpc) is 2.93. The summed E-state index contributed by atoms with van der Waals surface area (Å²) in [6.45, 7) is 7.22. The van der Waals surface area contributed by atoms with Gasteiger partial charge in [-0.2, -0.15) is 43.2 Å². The number of aliphatic imine (C=N–C) groups is 1. The van der Waals surface area contributed by atoms with E-state index in [-0.39, 0.29) is 11.1 Å². The van der Waals surface area contributed by atoms with Gasteiger partial charge >= 0.3 is 12.4 Å². The number of nitriles is 1. The summed E-state index contributed by atoms with van der Waals surface area (Å²) < 4.78 is 85.1. The Balaban J connectivity index is 1.91. The molecule has 0 amide bonds. The summed E-state index contributed by atoms with van der Waals surface area (Å²) in [5.41, 5.74) is -7.79. The van der Waals surface area contributed by atoms with Crippen molar-refractivity contribution in [2.75, 3.05) is 0 Å². The molecule has 40 heavy (non-hydrogen) atoms. The molecule has 0 radical (unpaired) electrons. The lowest BCUT2D eigenvalue weighted by atomic mass is 9.94. The molecule has 0 fully saturated rings. The first-order valence-electron chi connectivity index (χ1n) is 11.1. The van der Waals surface area contributed by atoms with E-state index in [2.05, 4.69) is 35.0 Å². The van der Waals surface area contributed by atoms with Crippen LogP contribution >= 0.6 is 0 Å². The number of rotatable bonds is 2. The number of hydrogen-bond donors (Lipinski definition) is 0. The van der Waals surface area contributed by atoms with E-state index in [1.54, 1.807) is 12.1 Å². The molecule has 1 aliphatic rings. The molecule has 14 heteroatoms. The second-order valence-corrected chi connectivity index (χ2v) is 8.07. The monoisotopic (exact) mass is 548 g/mol. The lowest BCUT2D eigenvalue weighted by Crippen LogP contribution is -2.31. The van der Waals surface area contributed by atoms with E-state index in [0.29, 0.717) is 0 Å². The van der Waals surface area contributed by atoms with Crippen molar-refractivity contribution < 1.29 is 26.3 Å². The van der Waals surface area contributed by atoms with E-state index >= 15 is 0 Å². The molecule has 5 rings (SSSR count). The van der Waals surface area contributed by atoms with Crippen LogP contribution < -0.4 is 0 Å². The number of benzene rings is 2. The normalized spacial score (nSPS) is 14.8. The Kier molecular flexibility index (Phi) is 6.31. The number of alkyl halides is 6. The molecule has 0 unspecified atom stereocenters. The molecule has 1 aliphatic carbocycles. The standard InChI is InChI=1S/C26H10F6N8/c1-34-40-22-20-19(38-23(25(27,28)29)16(37-20)14-10-6-3-7-11-14)17(35-12-33)18-21(22)39-24(26(30,31)32)15(36-18)13-8-4-2-5-9-13/h2-11H. The highest BCUT2D eigenvalue weighted by atomic mass is 19.4. The fourth-order valence-electron chi connectivity index (χ4n) is 4.05. The van der Waals surface area contributed by atoms with E-state index in [4.69, 9.17) is 6.57 Å². The first kappa shape index (κ1) is 26.1. The van der Waals surface area contributed by atoms with Gasteiger partial charge in [-0.25, -0.2) is 19.9 Å². The molecule has 2 heterocycles. The number of nitrogens with zero attached hydrogens (tertiary/aromatic N) is 8. The number of fused-ring (bicyclic) bond motifs is 2. The van der Waals surface area contributed by atoms with Crippen LogP contribution in [0.25, 0.3) is 27.5 Å². The van der Waals surface area contributed by atoms with Crippen molar-refractivity contribution in [1.29, 1.82) is 5.26 Å². The van der Waals surface area contributed by atoms with Crippen LogP contribution in [0.2, 0.25) is 0 Å². The average molecular weight is 548 g/mol. The van der Waals surface area contributed by atoms with Gasteiger partial charge in [-0.3, -0.25) is 0 Å². The molecule has 8 nitrogen and oxygen atoms in total. The second kappa shape index (κ2) is 9.67. The summed E-state index contributed by atoms with van der Waals surface area (Å²) in [6.07, 6.45) is -8.65. The highest BCUT2D eigenvalue weighted by molar-refractivity contribution is 6.29. The SMILES string of the molecule is [C-]#[N+]N=C1c2nc(-c3ccccc3)c(C(F)(F)F)nc2C(=NC#N)c2nc(-c3ccccc3)c(C(F)(F)F)nc21. The zero-order valence-electron chi connectivity index (χ0n) is 19.6. The van der Waals surface area contributed by atoms with Crippen LogP contribution in [0.3, 0.4) is 0 Å². The summed E-state index contributed by atoms with van der Waals surface area (Å²) in [6, 6.07) is 14.2. The summed E-state index contributed by atoms with van der Waals surface area (Å²) in [5, 5.41) is 12.9. The van der Waals surface area contributed by atoms with Gasteiger partial charge < -0.3 is 0 Å². The van der Waals surface area contributed by atoms with Gasteiger partial charge in [0, 0.05) is 11.1 Å². The van der Waals surface area contributed by atoms with Crippen molar-refractivity contribution in [2.24, 2.45) is 10.1 Å². The lowest BCUT2D eigenvalue weighted by molar-refractivity contribution is -0.141. The minimum Gasteiger partial charge on any atom is -0.241 e. The van der Waals surface area contributed by atoms with Crippen molar-refractivity contribution in [3.63, 3.8) is 0 Å². The molecular formula is C26H10F6N8. The Morgan fingerprint density at radius 2 is 1.02 bits per heavy atom. The van der Waals surface area contributed by atoms with E-state index in [9.17, 15) is 31.6 Å². The van der Waals surface area contributed by atoms with Crippen LogP contribution in [-0.2, 0) is 12.4 Å². The molecule has 0 bridgehead atoms. The largest absolute Gasteiger partial charge is 0.435 e. The number of aromatic nitrogens is 4. The van der Waals surface area contributed by atoms with Gasteiger partial charge in [0.25, 0.3) is 0 Å². The predicted octanol–water partition coefficient (Wildman–Crippen LogP) is 5.94. The third-order valence-corrected chi connectivity index (χ3v) is 5.63. The van der Waals surface area contributed by atoms with Gasteiger partial charge in [0.05, 0.1) is 5.10 Å². The maximum atomic E-state index is 14.2. The minimum atomic E-state index is -5.04. The van der Waals surface area contributed by atoms with Gasteiger partial charge in [0.1, 0.15) is 39.9 Å². The first-order chi connectivity index (χ1) is 19.0. The smallest absolute Gasteiger partial charge is 0.241 e. The third-order valence-electron chi connectivity index (χ3n) is 5.63. The minimum absolute atomic E-state index is 0.0154. The first-order valence-corrected chi connectivity index (χ1v) is 11.1. The van der Waals surface area contributed by atoms with Gasteiger partial charge in [0.2, 0.25) is 11.9 Å². The van der Waals surface area contributed by atoms with E-state index in [0.717, 1.165) is 0 Å². The van der Waals surface area contributed by atoms with Crippen LogP contribution in [-0.4, -0.2) is 31.4 Å². The molecule has 0 saturated heterocycles. The number of hydrogen-bond acceptors (Lipinski definition) is 7. The fraction of sp³-hybridized carbons (Fsp3) is 0.0769. The Bertz CT molecular complexity index is 1650. The fourth-order valence-corrected chi connectivity index (χ4v) is 4.05. The van der Waals surface area contributed by atoms with Crippen LogP contribution in [0.4, 0.5) is 26.3 Å². The molecule has 0 aliphatic heterocycles. The summed E-state index contributed by atoms with van der Waals surface area (Å²) in [5.74, 6) is 0. The van der Waals surface area contributed by atoms with Crippen molar-refractivity contribution in [2.45, 2.75) is 12.4 Å². The quantitative estimate of drug-likeness (QED) is 0.118. The Hall–Kier alpha value is -5.50. The Morgan fingerprint density at radius 1 is 0.625 bits per heavy atom. The van der Waals surface area contributed by atoms with Gasteiger partial charge in [-0.15, -0.1) is 4.95 Å². The molecule has 2 aromatic heterocycles. The van der Waals surface area contributed by atoms with Crippen LogP contribution in [0.15, 0.2) is 70.8 Å². The van der Waals surface area contributed by atoms with E-state index < -0.39 is 69.3 Å². The third kappa shape index (κ3) is 4.52. The second-order valence-electron chi connectivity index (χ2n) is 8.07. The molecule has 4 aromatic rings. The maximum Gasteiger partial charge on any atom is 0.435 e. The van der Waals surface area contributed by atoms with Crippen molar-refractivity contribution in [1.82, 2.24) is 19.9 Å². The molecule has 2 aromatic carbocycles. The van der Waals surface area contributed by atoms with Gasteiger partial charge in [-0.1, -0.05) is 60.7 Å². The maximum absolute atomic E-state index is 14.2. The van der Waals surface area contributed by atoms with Crippen molar-refractivity contribution >= 4 is 11.4 Å². The molecular weight excluding hydrogens is 538 g/mol. The van der Waals surface area contributed by atoms with Crippen LogP contribution in [0.5, 0.6) is 0 Å². The molecule has 0 atom stereocenters. The summed E-state index contributed by atoms with van der Waals surface area (Å²) >= 11 is 0. The molecule has 0 saturated carbocycles. The Labute approximate surface area is 220 Å². The van der Waals surface area contributed by atoms with Gasteiger partial charge in [0.15, 0.2) is 11.4 Å². The lowest BCUT2D eigenvalue weighted by Gasteiger charge is -2.23. The topological polar surface area (TPSA) is 104 Å². The summed E-state index contributed by atoms with van der Waals surface area (Å²) in [4.78, 5) is 22.0. The van der Waals surface area contributed by atoms with Crippen LogP contribution in [0, 0.1) is 18.0 Å². The molecule has 0 spiro atoms.